The molecule has 6 nitrogen and oxygen atoms in total. The van der Waals surface area contributed by atoms with Crippen LogP contribution in [-0.4, -0.2) is 44.9 Å². The number of nitrogens with one attached hydrogen (secondary N) is 1. The maximum absolute atomic E-state index is 14.0. The van der Waals surface area contributed by atoms with Gasteiger partial charge in [-0.05, 0) is 47.9 Å². The molecular formula is C25H26ClFN2O4S. The molecule has 1 saturated heterocycles. The van der Waals surface area contributed by atoms with Gasteiger partial charge in [0, 0.05) is 29.6 Å². The molecule has 4 rings (SSSR count). The lowest BCUT2D eigenvalue weighted by atomic mass is 9.97. The van der Waals surface area contributed by atoms with E-state index >= 15 is 0 Å². The van der Waals surface area contributed by atoms with Crippen molar-refractivity contribution >= 4 is 38.3 Å². The van der Waals surface area contributed by atoms with Crippen molar-refractivity contribution in [1.82, 2.24) is 9.62 Å². The van der Waals surface area contributed by atoms with Crippen molar-refractivity contribution in [2.45, 2.75) is 18.6 Å². The van der Waals surface area contributed by atoms with E-state index in [2.05, 4.69) is 5.32 Å². The average Bonchev–Trinajstić information content (AvgIpc) is 2.84. The number of sulfonamides is 1. The SMILES string of the molecule is O=C(NCCOc1ccc2ccccc2c1)C1CCN(S(=O)(=O)Cc2c(F)cccc2Cl)CC1. The van der Waals surface area contributed by atoms with Gasteiger partial charge in [0.05, 0.1) is 12.3 Å². The van der Waals surface area contributed by atoms with Gasteiger partial charge in [-0.2, -0.15) is 0 Å². The van der Waals surface area contributed by atoms with E-state index in [1.165, 1.54) is 22.5 Å². The van der Waals surface area contributed by atoms with Gasteiger partial charge in [0.25, 0.3) is 0 Å². The maximum atomic E-state index is 14.0. The van der Waals surface area contributed by atoms with Crippen LogP contribution in [0.1, 0.15) is 18.4 Å². The number of ether oxygens (including phenoxy) is 1. The number of hydrogen-bond donors (Lipinski definition) is 1. The third-order valence-corrected chi connectivity index (χ3v) is 8.16. The number of amides is 1. The van der Waals surface area contributed by atoms with E-state index in [4.69, 9.17) is 16.3 Å². The minimum atomic E-state index is -3.74. The Morgan fingerprint density at radius 1 is 1.06 bits per heavy atom. The first-order chi connectivity index (χ1) is 16.3. The van der Waals surface area contributed by atoms with Crippen LogP contribution in [0.25, 0.3) is 10.8 Å². The second kappa shape index (κ2) is 10.7. The van der Waals surface area contributed by atoms with Crippen molar-refractivity contribution in [3.8, 4) is 5.75 Å². The van der Waals surface area contributed by atoms with Crippen molar-refractivity contribution < 1.29 is 22.3 Å². The second-order valence-corrected chi connectivity index (χ2v) is 10.7. The van der Waals surface area contributed by atoms with Gasteiger partial charge in [-0.3, -0.25) is 4.79 Å². The minimum Gasteiger partial charge on any atom is -0.492 e. The van der Waals surface area contributed by atoms with Crippen LogP contribution in [0.4, 0.5) is 4.39 Å². The van der Waals surface area contributed by atoms with E-state index in [9.17, 15) is 17.6 Å². The molecule has 1 heterocycles. The third kappa shape index (κ3) is 5.87. The smallest absolute Gasteiger partial charge is 0.223 e. The Bertz CT molecular complexity index is 1260. The highest BCUT2D eigenvalue weighted by Crippen LogP contribution is 2.26. The molecule has 1 aliphatic heterocycles. The maximum Gasteiger partial charge on any atom is 0.223 e. The van der Waals surface area contributed by atoms with E-state index in [0.29, 0.717) is 26.0 Å². The van der Waals surface area contributed by atoms with Gasteiger partial charge in [0.1, 0.15) is 18.2 Å². The Morgan fingerprint density at radius 3 is 2.53 bits per heavy atom. The van der Waals surface area contributed by atoms with Crippen molar-refractivity contribution in [2.24, 2.45) is 5.92 Å². The lowest BCUT2D eigenvalue weighted by molar-refractivity contribution is -0.126. The Balaban J connectivity index is 1.22. The summed E-state index contributed by atoms with van der Waals surface area (Å²) >= 11 is 5.98. The number of nitrogens with zero attached hydrogens (tertiary/aromatic N) is 1. The summed E-state index contributed by atoms with van der Waals surface area (Å²) in [6.45, 7) is 1.11. The zero-order chi connectivity index (χ0) is 24.1. The molecule has 1 N–H and O–H groups in total. The van der Waals surface area contributed by atoms with Crippen LogP contribution in [0.5, 0.6) is 5.75 Å². The molecule has 180 valence electrons. The quantitative estimate of drug-likeness (QED) is 0.462. The van der Waals surface area contributed by atoms with Gasteiger partial charge in [-0.25, -0.2) is 17.1 Å². The predicted octanol–water partition coefficient (Wildman–Crippen LogP) is 4.37. The highest BCUT2D eigenvalue weighted by molar-refractivity contribution is 7.88. The van der Waals surface area contributed by atoms with Crippen LogP contribution in [-0.2, 0) is 20.6 Å². The fraction of sp³-hybridized carbons (Fsp3) is 0.320. The molecule has 9 heteroatoms. The fourth-order valence-corrected chi connectivity index (χ4v) is 6.00. The molecule has 3 aromatic carbocycles. The van der Waals surface area contributed by atoms with E-state index in [0.717, 1.165) is 16.5 Å². The van der Waals surface area contributed by atoms with Gasteiger partial charge >= 0.3 is 0 Å². The van der Waals surface area contributed by atoms with Crippen LogP contribution >= 0.6 is 11.6 Å². The standard InChI is InChI=1S/C25H26ClFN2O4S/c26-23-6-3-7-24(27)22(23)17-34(31,32)29-13-10-19(11-14-29)25(30)28-12-15-33-21-9-8-18-4-1-2-5-20(18)16-21/h1-9,16,19H,10-15,17H2,(H,28,30). The molecule has 0 spiro atoms. The van der Waals surface area contributed by atoms with E-state index < -0.39 is 21.6 Å². The Labute approximate surface area is 203 Å². The Morgan fingerprint density at radius 2 is 1.79 bits per heavy atom. The fourth-order valence-electron chi connectivity index (χ4n) is 4.08. The largest absolute Gasteiger partial charge is 0.492 e. The number of benzene rings is 3. The molecule has 0 atom stereocenters. The summed E-state index contributed by atoms with van der Waals surface area (Å²) in [5.41, 5.74) is -0.0320. The van der Waals surface area contributed by atoms with E-state index in [1.54, 1.807) is 0 Å². The summed E-state index contributed by atoms with van der Waals surface area (Å²) in [5, 5.41) is 5.18. The van der Waals surface area contributed by atoms with Crippen molar-refractivity contribution in [2.75, 3.05) is 26.2 Å². The molecular weight excluding hydrogens is 479 g/mol. The molecule has 0 unspecified atom stereocenters. The summed E-state index contributed by atoms with van der Waals surface area (Å²) in [4.78, 5) is 12.5. The first-order valence-corrected chi connectivity index (χ1v) is 13.1. The Hall–Kier alpha value is -2.68. The predicted molar refractivity (Wildman–Crippen MR) is 131 cm³/mol. The van der Waals surface area contributed by atoms with Gasteiger partial charge in [0.15, 0.2) is 0 Å². The minimum absolute atomic E-state index is 0.0320. The van der Waals surface area contributed by atoms with Crippen molar-refractivity contribution in [3.05, 3.63) is 77.1 Å². The highest BCUT2D eigenvalue weighted by Gasteiger charge is 2.32. The van der Waals surface area contributed by atoms with Gasteiger partial charge in [-0.1, -0.05) is 48.0 Å². The summed E-state index contributed by atoms with van der Waals surface area (Å²) in [5.74, 6) is -0.792. The molecule has 0 bridgehead atoms. The molecule has 1 fully saturated rings. The summed E-state index contributed by atoms with van der Waals surface area (Å²) < 4.78 is 46.6. The Kier molecular flexibility index (Phi) is 7.70. The zero-order valence-electron chi connectivity index (χ0n) is 18.5. The number of fused-ring (bicyclic) bond motifs is 1. The molecule has 0 aliphatic carbocycles. The monoisotopic (exact) mass is 504 g/mol. The van der Waals surface area contributed by atoms with Crippen LogP contribution in [0, 0.1) is 11.7 Å². The van der Waals surface area contributed by atoms with E-state index in [1.807, 2.05) is 42.5 Å². The van der Waals surface area contributed by atoms with E-state index in [-0.39, 0.29) is 35.5 Å². The molecule has 0 aromatic heterocycles. The van der Waals surface area contributed by atoms with Gasteiger partial charge < -0.3 is 10.1 Å². The number of rotatable bonds is 8. The number of carbonyl (C=O) groups excluding carboxylic acids is 1. The number of halogens is 2. The lowest BCUT2D eigenvalue weighted by Gasteiger charge is -2.30. The van der Waals surface area contributed by atoms with Crippen molar-refractivity contribution in [1.29, 1.82) is 0 Å². The first kappa shape index (κ1) is 24.4. The summed E-state index contributed by atoms with van der Waals surface area (Å²) in [7, 11) is -3.74. The lowest BCUT2D eigenvalue weighted by Crippen LogP contribution is -2.44. The second-order valence-electron chi connectivity index (χ2n) is 8.28. The van der Waals surface area contributed by atoms with Gasteiger partial charge in [-0.15, -0.1) is 0 Å². The number of carbonyl (C=O) groups is 1. The average molecular weight is 505 g/mol. The third-order valence-electron chi connectivity index (χ3n) is 6.00. The molecule has 3 aromatic rings. The molecule has 1 amide bonds. The normalized spacial score (nSPS) is 15.4. The molecule has 34 heavy (non-hydrogen) atoms. The topological polar surface area (TPSA) is 75.7 Å². The molecule has 0 saturated carbocycles. The summed E-state index contributed by atoms with van der Waals surface area (Å²) in [6, 6.07) is 17.9. The molecule has 1 aliphatic rings. The van der Waals surface area contributed by atoms with Crippen LogP contribution < -0.4 is 10.1 Å². The van der Waals surface area contributed by atoms with Crippen LogP contribution in [0.3, 0.4) is 0 Å². The highest BCUT2D eigenvalue weighted by atomic mass is 35.5. The number of piperidine rings is 1. The number of hydrogen-bond acceptors (Lipinski definition) is 4. The van der Waals surface area contributed by atoms with Gasteiger partial charge in [0.2, 0.25) is 15.9 Å². The zero-order valence-corrected chi connectivity index (χ0v) is 20.1. The van der Waals surface area contributed by atoms with Crippen LogP contribution in [0.15, 0.2) is 60.7 Å². The van der Waals surface area contributed by atoms with Crippen LogP contribution in [0.2, 0.25) is 5.02 Å². The molecule has 0 radical (unpaired) electrons. The summed E-state index contributed by atoms with van der Waals surface area (Å²) in [6.07, 6.45) is 0.809. The van der Waals surface area contributed by atoms with Crippen molar-refractivity contribution in [3.63, 3.8) is 0 Å². The first-order valence-electron chi connectivity index (χ1n) is 11.1.